The van der Waals surface area contributed by atoms with Gasteiger partial charge in [-0.05, 0) is 11.1 Å². The monoisotopic (exact) mass is 508 g/mol. The van der Waals surface area contributed by atoms with Gasteiger partial charge in [0.25, 0.3) is 0 Å². The third-order valence-electron chi connectivity index (χ3n) is 2.28. The molecule has 0 aromatic heterocycles. The van der Waals surface area contributed by atoms with Crippen molar-refractivity contribution >= 4 is 79.6 Å². The Labute approximate surface area is 125 Å². The van der Waals surface area contributed by atoms with Gasteiger partial charge < -0.3 is 0 Å². The van der Waals surface area contributed by atoms with Crippen molar-refractivity contribution in [3.8, 4) is 0 Å². The van der Waals surface area contributed by atoms with Gasteiger partial charge in [0, 0.05) is 0 Å². The largest absolute Gasteiger partial charge is 0.121 e. The first-order valence-electron chi connectivity index (χ1n) is 3.88. The van der Waals surface area contributed by atoms with Gasteiger partial charge in [0.15, 0.2) is 0 Å². The summed E-state index contributed by atoms with van der Waals surface area (Å²) >= 11 is 18.4. The van der Waals surface area contributed by atoms with E-state index in [0.717, 1.165) is 0 Å². The minimum absolute atomic E-state index is 0.180. The van der Waals surface area contributed by atoms with E-state index in [4.69, 9.17) is 0 Å². The Morgan fingerprint density at radius 1 is 0.857 bits per heavy atom. The summed E-state index contributed by atoms with van der Waals surface area (Å²) in [6, 6.07) is 8.29. The highest BCUT2D eigenvalue weighted by Crippen LogP contribution is 2.64. The molecular formula is C9H5Br5. The minimum Gasteiger partial charge on any atom is -0.0834 e. The molecule has 0 bridgehead atoms. The first-order chi connectivity index (χ1) is 6.38. The lowest BCUT2D eigenvalue weighted by Crippen LogP contribution is -2.25. The maximum absolute atomic E-state index is 3.69. The zero-order valence-corrected chi connectivity index (χ0v) is 14.7. The van der Waals surface area contributed by atoms with Gasteiger partial charge >= 0.3 is 0 Å². The van der Waals surface area contributed by atoms with Crippen molar-refractivity contribution in [2.45, 2.75) is 11.3 Å². The highest BCUT2D eigenvalue weighted by atomic mass is 79.9. The fraction of sp³-hybridized carbons (Fsp3) is 0.333. The molecule has 0 saturated heterocycles. The number of alkyl halides is 5. The van der Waals surface area contributed by atoms with E-state index in [2.05, 4.69) is 91.8 Å². The smallest absolute Gasteiger partial charge is 0.0834 e. The molecule has 0 nitrogen and oxygen atoms in total. The summed E-state index contributed by atoms with van der Waals surface area (Å²) in [5.74, 6) is 0. The Morgan fingerprint density at radius 3 is 1.57 bits per heavy atom. The van der Waals surface area contributed by atoms with E-state index in [0.29, 0.717) is 0 Å². The molecule has 0 saturated carbocycles. The molecule has 0 radical (unpaired) electrons. The Hall–Kier alpha value is 1.62. The summed E-state index contributed by atoms with van der Waals surface area (Å²) < 4.78 is -0.465. The minimum atomic E-state index is -0.233. The molecule has 0 aliphatic heterocycles. The number of hydrogen-bond donors (Lipinski definition) is 0. The SMILES string of the molecule is BrC1C(Br)(Br)c2ccccc2C1(Br)Br. The summed E-state index contributed by atoms with van der Waals surface area (Å²) in [6.07, 6.45) is 0. The predicted octanol–water partition coefficient (Wildman–Crippen LogP) is 5.35. The van der Waals surface area contributed by atoms with E-state index in [1.807, 2.05) is 12.1 Å². The van der Waals surface area contributed by atoms with Crippen LogP contribution < -0.4 is 0 Å². The second kappa shape index (κ2) is 3.83. The molecule has 0 heterocycles. The zero-order chi connectivity index (χ0) is 10.6. The summed E-state index contributed by atoms with van der Waals surface area (Å²) in [7, 11) is 0. The molecule has 14 heavy (non-hydrogen) atoms. The third kappa shape index (κ3) is 1.62. The fourth-order valence-electron chi connectivity index (χ4n) is 1.57. The van der Waals surface area contributed by atoms with Gasteiger partial charge in [0.05, 0.1) is 4.83 Å². The van der Waals surface area contributed by atoms with E-state index in [1.54, 1.807) is 0 Å². The number of fused-ring (bicyclic) bond motifs is 1. The molecule has 1 aromatic rings. The topological polar surface area (TPSA) is 0 Å². The maximum atomic E-state index is 3.69. The maximum Gasteiger partial charge on any atom is 0.121 e. The van der Waals surface area contributed by atoms with Crippen LogP contribution >= 0.6 is 79.6 Å². The van der Waals surface area contributed by atoms with Gasteiger partial charge in [0.2, 0.25) is 0 Å². The molecule has 0 amide bonds. The normalized spacial score (nSPS) is 23.5. The summed E-state index contributed by atoms with van der Waals surface area (Å²) in [6.45, 7) is 0. The number of halogens is 5. The van der Waals surface area contributed by atoms with Crippen molar-refractivity contribution in [2.75, 3.05) is 0 Å². The van der Waals surface area contributed by atoms with Gasteiger partial charge in [-0.15, -0.1) is 0 Å². The van der Waals surface area contributed by atoms with Crippen molar-refractivity contribution in [3.05, 3.63) is 35.4 Å². The van der Waals surface area contributed by atoms with Crippen LogP contribution in [0.3, 0.4) is 0 Å². The van der Waals surface area contributed by atoms with Gasteiger partial charge in [-0.2, -0.15) is 0 Å². The van der Waals surface area contributed by atoms with Crippen LogP contribution in [0.1, 0.15) is 11.1 Å². The van der Waals surface area contributed by atoms with Gasteiger partial charge in [-0.3, -0.25) is 0 Å². The molecule has 1 aromatic carbocycles. The summed E-state index contributed by atoms with van der Waals surface area (Å²) in [4.78, 5) is 0.180. The molecule has 0 atom stereocenters. The second-order valence-corrected chi connectivity index (χ2v) is 11.2. The van der Waals surface area contributed by atoms with Crippen LogP contribution in [-0.4, -0.2) is 4.83 Å². The first-order valence-corrected chi connectivity index (χ1v) is 7.97. The Bertz CT molecular complexity index is 336. The van der Waals surface area contributed by atoms with Gasteiger partial charge in [-0.1, -0.05) is 104 Å². The highest BCUT2D eigenvalue weighted by Gasteiger charge is 2.55. The Kier molecular flexibility index (Phi) is 3.30. The number of hydrogen-bond acceptors (Lipinski definition) is 0. The summed E-state index contributed by atoms with van der Waals surface area (Å²) in [5, 5.41) is 0. The second-order valence-electron chi connectivity index (χ2n) is 3.15. The number of benzene rings is 1. The van der Waals surface area contributed by atoms with Crippen LogP contribution in [0.25, 0.3) is 0 Å². The van der Waals surface area contributed by atoms with Crippen molar-refractivity contribution in [1.29, 1.82) is 0 Å². The van der Waals surface area contributed by atoms with E-state index in [1.165, 1.54) is 11.1 Å². The van der Waals surface area contributed by atoms with Crippen molar-refractivity contribution in [2.24, 2.45) is 0 Å². The predicted molar refractivity (Wildman–Crippen MR) is 78.2 cm³/mol. The Morgan fingerprint density at radius 2 is 1.21 bits per heavy atom. The van der Waals surface area contributed by atoms with Gasteiger partial charge in [0.1, 0.15) is 6.47 Å². The quantitative estimate of drug-likeness (QED) is 0.411. The molecule has 2 rings (SSSR count). The molecule has 76 valence electrons. The number of rotatable bonds is 0. The van der Waals surface area contributed by atoms with Crippen LogP contribution in [0, 0.1) is 0 Å². The molecule has 0 spiro atoms. The molecule has 5 heteroatoms. The van der Waals surface area contributed by atoms with Gasteiger partial charge in [-0.25, -0.2) is 0 Å². The average Bonchev–Trinajstić information content (AvgIpc) is 2.28. The van der Waals surface area contributed by atoms with E-state index < -0.39 is 0 Å². The van der Waals surface area contributed by atoms with Crippen molar-refractivity contribution in [3.63, 3.8) is 0 Å². The lowest BCUT2D eigenvalue weighted by Gasteiger charge is -2.24. The van der Waals surface area contributed by atoms with Crippen molar-refractivity contribution < 1.29 is 0 Å². The van der Waals surface area contributed by atoms with Crippen LogP contribution in [0.15, 0.2) is 24.3 Å². The molecule has 1 aliphatic rings. The highest BCUT2D eigenvalue weighted by molar-refractivity contribution is 9.27. The molecule has 0 fully saturated rings. The Balaban J connectivity index is 2.70. The summed E-state index contributed by atoms with van der Waals surface area (Å²) in [5.41, 5.74) is 2.46. The molecular weight excluding hydrogens is 508 g/mol. The zero-order valence-electron chi connectivity index (χ0n) is 6.78. The van der Waals surface area contributed by atoms with Crippen molar-refractivity contribution in [1.82, 2.24) is 0 Å². The average molecular weight is 513 g/mol. The van der Waals surface area contributed by atoms with Crippen LogP contribution in [0.5, 0.6) is 0 Å². The lowest BCUT2D eigenvalue weighted by atomic mass is 10.1. The van der Waals surface area contributed by atoms with E-state index in [-0.39, 0.29) is 11.3 Å². The standard InChI is InChI=1S/C9H5Br5/c10-7-8(11,12)5-3-1-2-4-6(5)9(7,13)14/h1-4,7H. The van der Waals surface area contributed by atoms with Crippen LogP contribution in [0.2, 0.25) is 0 Å². The van der Waals surface area contributed by atoms with E-state index in [9.17, 15) is 0 Å². The first kappa shape index (κ1) is 12.1. The molecule has 0 N–H and O–H groups in total. The van der Waals surface area contributed by atoms with Crippen LogP contribution in [-0.2, 0) is 6.47 Å². The van der Waals surface area contributed by atoms with E-state index >= 15 is 0 Å². The molecule has 0 unspecified atom stereocenters. The fourth-order valence-corrected chi connectivity index (χ4v) is 6.04. The van der Waals surface area contributed by atoms with Crippen LogP contribution in [0.4, 0.5) is 0 Å². The lowest BCUT2D eigenvalue weighted by molar-refractivity contribution is 0.866. The third-order valence-corrected chi connectivity index (χ3v) is 9.65. The molecule has 1 aliphatic carbocycles.